The Morgan fingerprint density at radius 3 is 2.55 bits per heavy atom. The summed E-state index contributed by atoms with van der Waals surface area (Å²) in [5, 5.41) is 13.5. The fraction of sp³-hybridized carbons (Fsp3) is 0.276. The van der Waals surface area contributed by atoms with Gasteiger partial charge in [0, 0.05) is 36.4 Å². The summed E-state index contributed by atoms with van der Waals surface area (Å²) in [6.07, 6.45) is 3.26. The van der Waals surface area contributed by atoms with E-state index in [-0.39, 0.29) is 28.4 Å². The molecule has 4 aromatic rings. The number of pyridine rings is 1. The average Bonchev–Trinajstić information content (AvgIpc) is 3.33. The van der Waals surface area contributed by atoms with Crippen LogP contribution >= 0.6 is 0 Å². The van der Waals surface area contributed by atoms with Crippen molar-refractivity contribution in [1.82, 2.24) is 20.1 Å². The van der Waals surface area contributed by atoms with E-state index in [1.54, 1.807) is 4.68 Å². The lowest BCUT2D eigenvalue weighted by molar-refractivity contribution is 0.262. The van der Waals surface area contributed by atoms with Crippen LogP contribution in [0.4, 0.5) is 26.5 Å². The lowest BCUT2D eigenvalue weighted by Crippen LogP contribution is -2.24. The Bertz CT molecular complexity index is 1750. The second-order valence-electron chi connectivity index (χ2n) is 11.0. The maximum Gasteiger partial charge on any atom is 0.324 e. The van der Waals surface area contributed by atoms with E-state index >= 15 is 0 Å². The van der Waals surface area contributed by atoms with E-state index < -0.39 is 21.9 Å². The number of urea groups is 1. The van der Waals surface area contributed by atoms with Crippen LogP contribution in [0.1, 0.15) is 37.6 Å². The Morgan fingerprint density at radius 1 is 1.02 bits per heavy atom. The molecule has 2 aromatic carbocycles. The van der Waals surface area contributed by atoms with Crippen LogP contribution in [-0.4, -0.2) is 42.0 Å². The van der Waals surface area contributed by atoms with Crippen molar-refractivity contribution < 1.29 is 22.3 Å². The summed E-state index contributed by atoms with van der Waals surface area (Å²) in [5.74, 6) is 0.175. The maximum atomic E-state index is 15.0. The summed E-state index contributed by atoms with van der Waals surface area (Å²) in [7, 11) is -3.52. The number of aromatic nitrogens is 3. The van der Waals surface area contributed by atoms with Crippen molar-refractivity contribution in [2.45, 2.75) is 39.2 Å². The zero-order valence-electron chi connectivity index (χ0n) is 23.7. The lowest BCUT2D eigenvalue weighted by Gasteiger charge is -2.18. The number of hydrogen-bond donors (Lipinski definition) is 4. The van der Waals surface area contributed by atoms with Crippen molar-refractivity contribution in [3.05, 3.63) is 83.4 Å². The Kier molecular flexibility index (Phi) is 7.89. The van der Waals surface area contributed by atoms with Crippen LogP contribution in [0.15, 0.2) is 60.8 Å². The third kappa shape index (κ3) is 7.04. The average molecular weight is 594 g/mol. The molecule has 0 aliphatic carbocycles. The van der Waals surface area contributed by atoms with Crippen molar-refractivity contribution in [2.24, 2.45) is 0 Å². The highest BCUT2D eigenvalue weighted by atomic mass is 32.2. The Morgan fingerprint density at radius 2 is 1.81 bits per heavy atom. The van der Waals surface area contributed by atoms with Crippen LogP contribution in [0, 0.1) is 5.82 Å². The lowest BCUT2D eigenvalue weighted by atomic mass is 9.92. The third-order valence-corrected chi connectivity index (χ3v) is 7.07. The predicted octanol–water partition coefficient (Wildman–Crippen LogP) is 5.16. The number of fused-ring (bicyclic) bond motifs is 1. The molecule has 0 saturated heterocycles. The van der Waals surface area contributed by atoms with Gasteiger partial charge in [-0.25, -0.2) is 27.3 Å². The van der Waals surface area contributed by atoms with Gasteiger partial charge in [0.2, 0.25) is 10.0 Å². The molecule has 2 amide bonds. The van der Waals surface area contributed by atoms with E-state index in [2.05, 4.69) is 37.8 Å². The number of anilines is 3. The summed E-state index contributed by atoms with van der Waals surface area (Å²) < 4.78 is 47.5. The minimum Gasteiger partial charge on any atom is -0.457 e. The molecule has 5 rings (SSSR count). The minimum absolute atomic E-state index is 0.0580. The molecule has 1 aliphatic heterocycles. The minimum atomic E-state index is -3.52. The Hall–Kier alpha value is -4.49. The fourth-order valence-corrected chi connectivity index (χ4v) is 4.91. The molecule has 4 N–H and O–H groups in total. The maximum absolute atomic E-state index is 15.0. The van der Waals surface area contributed by atoms with Gasteiger partial charge in [0.05, 0.1) is 23.3 Å². The van der Waals surface area contributed by atoms with E-state index in [0.717, 1.165) is 43.2 Å². The number of ether oxygens (including phenoxy) is 1. The normalized spacial score (nSPS) is 13.3. The second-order valence-corrected chi connectivity index (χ2v) is 12.8. The Balaban J connectivity index is 1.32. The van der Waals surface area contributed by atoms with Gasteiger partial charge in [0.25, 0.3) is 0 Å². The molecule has 11 nitrogen and oxygen atoms in total. The zero-order chi connectivity index (χ0) is 30.1. The first-order valence-electron chi connectivity index (χ1n) is 13.3. The third-order valence-electron chi connectivity index (χ3n) is 6.49. The highest BCUT2D eigenvalue weighted by Crippen LogP contribution is 2.29. The van der Waals surface area contributed by atoms with Crippen molar-refractivity contribution in [3.8, 4) is 17.2 Å². The van der Waals surface area contributed by atoms with Crippen LogP contribution in [0.25, 0.3) is 5.69 Å². The topological polar surface area (TPSA) is 139 Å². The number of sulfonamides is 1. The highest BCUT2D eigenvalue weighted by molar-refractivity contribution is 7.92. The van der Waals surface area contributed by atoms with E-state index in [1.165, 1.54) is 41.6 Å². The SMILES string of the molecule is CC(C)(C)c1cc(NC(=O)Nc2ccc(Oc3ccnc(NS(C)(=O)=O)c3)cc2F)n(-c2ccc3c(c2)CCNC3)n1. The van der Waals surface area contributed by atoms with Crippen molar-refractivity contribution in [2.75, 3.05) is 28.2 Å². The van der Waals surface area contributed by atoms with Gasteiger partial charge in [-0.3, -0.25) is 10.0 Å². The summed E-state index contributed by atoms with van der Waals surface area (Å²) in [6.45, 7) is 7.83. The molecule has 0 unspecified atom stereocenters. The van der Waals surface area contributed by atoms with Gasteiger partial charge in [-0.15, -0.1) is 0 Å². The van der Waals surface area contributed by atoms with Gasteiger partial charge >= 0.3 is 6.03 Å². The van der Waals surface area contributed by atoms with Crippen molar-refractivity contribution in [1.29, 1.82) is 0 Å². The van der Waals surface area contributed by atoms with Crippen molar-refractivity contribution in [3.63, 3.8) is 0 Å². The zero-order valence-corrected chi connectivity index (χ0v) is 24.5. The quantitative estimate of drug-likeness (QED) is 0.232. The first-order valence-corrected chi connectivity index (χ1v) is 15.2. The van der Waals surface area contributed by atoms with Crippen LogP contribution in [0.2, 0.25) is 0 Å². The molecule has 13 heteroatoms. The largest absolute Gasteiger partial charge is 0.457 e. The van der Waals surface area contributed by atoms with E-state index in [4.69, 9.17) is 9.84 Å². The van der Waals surface area contributed by atoms with Gasteiger partial charge in [-0.1, -0.05) is 26.8 Å². The molecule has 0 atom stereocenters. The van der Waals surface area contributed by atoms with E-state index in [9.17, 15) is 17.6 Å². The van der Waals surface area contributed by atoms with Gasteiger partial charge < -0.3 is 15.4 Å². The van der Waals surface area contributed by atoms with Crippen LogP contribution < -0.4 is 25.4 Å². The van der Waals surface area contributed by atoms with Gasteiger partial charge in [0.15, 0.2) is 0 Å². The highest BCUT2D eigenvalue weighted by Gasteiger charge is 2.22. The van der Waals surface area contributed by atoms with E-state index in [0.29, 0.717) is 5.82 Å². The first kappa shape index (κ1) is 29.0. The Labute approximate surface area is 243 Å². The van der Waals surface area contributed by atoms with Crippen LogP contribution in [0.3, 0.4) is 0 Å². The molecule has 1 aliphatic rings. The van der Waals surface area contributed by atoms with Crippen molar-refractivity contribution >= 4 is 33.4 Å². The molecule has 2 aromatic heterocycles. The summed E-state index contributed by atoms with van der Waals surface area (Å²) in [4.78, 5) is 16.9. The van der Waals surface area contributed by atoms with Gasteiger partial charge in [-0.2, -0.15) is 5.10 Å². The number of nitrogens with zero attached hydrogens (tertiary/aromatic N) is 3. The molecule has 3 heterocycles. The summed E-state index contributed by atoms with van der Waals surface area (Å²) >= 11 is 0. The summed E-state index contributed by atoms with van der Waals surface area (Å²) in [6, 6.07) is 14.1. The number of hydrogen-bond acceptors (Lipinski definition) is 7. The number of amides is 2. The molecule has 0 bridgehead atoms. The number of halogens is 1. The summed E-state index contributed by atoms with van der Waals surface area (Å²) in [5.41, 5.74) is 3.74. The monoisotopic (exact) mass is 593 g/mol. The van der Waals surface area contributed by atoms with Crippen LogP contribution in [-0.2, 0) is 28.4 Å². The number of benzene rings is 2. The molecule has 0 fully saturated rings. The molecule has 42 heavy (non-hydrogen) atoms. The molecule has 0 saturated carbocycles. The number of rotatable bonds is 7. The molecular formula is C29H32FN7O4S. The van der Waals surface area contributed by atoms with Gasteiger partial charge in [-0.05, 0) is 54.4 Å². The molecule has 0 radical (unpaired) electrons. The van der Waals surface area contributed by atoms with Crippen LogP contribution in [0.5, 0.6) is 11.5 Å². The van der Waals surface area contributed by atoms with E-state index in [1.807, 2.05) is 32.9 Å². The standard InChI is InChI=1S/C29H32FN7O4S/c1-29(2,3)25-16-27(37(35-25)20-6-5-19-17-31-11-9-18(19)13-20)34-28(38)33-24-8-7-21(14-23(24)30)41-22-10-12-32-26(15-22)36-42(4,39)40/h5-8,10,12-16,31H,9,11,17H2,1-4H3,(H,32,36)(H2,33,34,38). The predicted molar refractivity (Wildman–Crippen MR) is 159 cm³/mol. The fourth-order valence-electron chi connectivity index (χ4n) is 4.42. The smallest absolute Gasteiger partial charge is 0.324 e. The molecule has 0 spiro atoms. The number of nitrogens with one attached hydrogen (secondary N) is 4. The molecule has 220 valence electrons. The molecular weight excluding hydrogens is 561 g/mol. The first-order chi connectivity index (χ1) is 19.8. The number of carbonyl (C=O) groups is 1. The number of carbonyl (C=O) groups excluding carboxylic acids is 1. The van der Waals surface area contributed by atoms with Gasteiger partial charge in [0.1, 0.15) is 29.0 Å². The second kappa shape index (κ2) is 11.4.